The summed E-state index contributed by atoms with van der Waals surface area (Å²) in [5.74, 6) is 0. The summed E-state index contributed by atoms with van der Waals surface area (Å²) >= 11 is 0. The van der Waals surface area contributed by atoms with E-state index in [9.17, 15) is 0 Å². The zero-order valence-corrected chi connectivity index (χ0v) is 8.09. The molecule has 13 heavy (non-hydrogen) atoms. The monoisotopic (exact) mass is 177 g/mol. The molecule has 0 saturated carbocycles. The summed E-state index contributed by atoms with van der Waals surface area (Å²) < 4.78 is 0. The molecule has 70 valence electrons. The number of hydrogen-bond donors (Lipinski definition) is 2. The van der Waals surface area contributed by atoms with Crippen molar-refractivity contribution in [1.29, 1.82) is 0 Å². The van der Waals surface area contributed by atoms with Gasteiger partial charge in [-0.15, -0.1) is 0 Å². The van der Waals surface area contributed by atoms with Gasteiger partial charge in [-0.25, -0.2) is 0 Å². The van der Waals surface area contributed by atoms with E-state index in [2.05, 4.69) is 24.1 Å². The lowest BCUT2D eigenvalue weighted by Crippen LogP contribution is -2.39. The summed E-state index contributed by atoms with van der Waals surface area (Å²) in [6, 6.07) is 2.01. The van der Waals surface area contributed by atoms with E-state index < -0.39 is 0 Å². The van der Waals surface area contributed by atoms with Gasteiger partial charge in [-0.3, -0.25) is 4.98 Å². The van der Waals surface area contributed by atoms with Gasteiger partial charge in [0.15, 0.2) is 0 Å². The molecular weight excluding hydrogens is 162 g/mol. The Kier molecular flexibility index (Phi) is 1.77. The third kappa shape index (κ3) is 1.40. The van der Waals surface area contributed by atoms with Gasteiger partial charge in [-0.05, 0) is 11.6 Å². The topological polar surface area (TPSA) is 50.9 Å². The number of fused-ring (bicyclic) bond motifs is 1. The second-order valence-electron chi connectivity index (χ2n) is 4.26. The molecule has 0 aliphatic carbocycles. The van der Waals surface area contributed by atoms with Crippen LogP contribution >= 0.6 is 0 Å². The van der Waals surface area contributed by atoms with Gasteiger partial charge < -0.3 is 11.1 Å². The van der Waals surface area contributed by atoms with Gasteiger partial charge in [0.2, 0.25) is 0 Å². The summed E-state index contributed by atoms with van der Waals surface area (Å²) in [7, 11) is 0. The molecule has 0 spiro atoms. The van der Waals surface area contributed by atoms with E-state index in [4.69, 9.17) is 5.73 Å². The van der Waals surface area contributed by atoms with Crippen molar-refractivity contribution in [3.05, 3.63) is 23.5 Å². The third-order valence-electron chi connectivity index (χ3n) is 2.51. The number of nitrogens with zero attached hydrogens (tertiary/aromatic N) is 1. The molecule has 2 heterocycles. The second-order valence-corrected chi connectivity index (χ2v) is 4.26. The second kappa shape index (κ2) is 2.70. The average molecular weight is 177 g/mol. The molecule has 0 bridgehead atoms. The quantitative estimate of drug-likeness (QED) is 0.622. The number of nitrogens with two attached hydrogens (primary N) is 1. The Bertz CT molecular complexity index is 331. The molecule has 1 aromatic rings. The lowest BCUT2D eigenvalue weighted by Gasteiger charge is -2.31. The first-order valence-corrected chi connectivity index (χ1v) is 4.55. The van der Waals surface area contributed by atoms with E-state index in [1.54, 1.807) is 6.20 Å². The van der Waals surface area contributed by atoms with Gasteiger partial charge in [0.05, 0.1) is 17.6 Å². The highest BCUT2D eigenvalue weighted by Crippen LogP contribution is 2.28. The van der Waals surface area contributed by atoms with E-state index in [0.717, 1.165) is 18.8 Å². The van der Waals surface area contributed by atoms with Crippen LogP contribution in [0.15, 0.2) is 12.3 Å². The van der Waals surface area contributed by atoms with E-state index in [1.807, 2.05) is 6.07 Å². The molecule has 0 aromatic carbocycles. The van der Waals surface area contributed by atoms with Gasteiger partial charge >= 0.3 is 0 Å². The first kappa shape index (κ1) is 8.51. The van der Waals surface area contributed by atoms with Gasteiger partial charge in [-0.1, -0.05) is 13.8 Å². The minimum atomic E-state index is 0.126. The number of hydrogen-bond acceptors (Lipinski definition) is 3. The number of nitrogens with one attached hydrogen (secondary N) is 1. The lowest BCUT2D eigenvalue weighted by molar-refractivity contribution is 0.422. The third-order valence-corrected chi connectivity index (χ3v) is 2.51. The molecule has 0 fully saturated rings. The fraction of sp³-hybridized carbons (Fsp3) is 0.500. The Balaban J connectivity index is 2.53. The highest BCUT2D eigenvalue weighted by atomic mass is 14.9. The molecular formula is C10H15N3. The Labute approximate surface area is 78.4 Å². The molecule has 1 aromatic heterocycles. The van der Waals surface area contributed by atoms with E-state index in [0.29, 0.717) is 0 Å². The molecule has 0 atom stereocenters. The Morgan fingerprint density at radius 2 is 2.31 bits per heavy atom. The summed E-state index contributed by atoms with van der Waals surface area (Å²) in [6.07, 6.45) is 1.74. The standard InChI is InChI=1S/C10H15N3/c1-10(2)6-12-4-7-3-8(11)5-13-9(7)10/h3,5,12H,4,6,11H2,1-2H3. The summed E-state index contributed by atoms with van der Waals surface area (Å²) in [5.41, 5.74) is 8.97. The predicted molar refractivity (Wildman–Crippen MR) is 53.4 cm³/mol. The minimum absolute atomic E-state index is 0.126. The van der Waals surface area contributed by atoms with Gasteiger partial charge in [0.1, 0.15) is 0 Å². The van der Waals surface area contributed by atoms with Crippen LogP contribution in [0.25, 0.3) is 0 Å². The Morgan fingerprint density at radius 1 is 1.54 bits per heavy atom. The van der Waals surface area contributed by atoms with Crippen LogP contribution in [0.5, 0.6) is 0 Å². The summed E-state index contributed by atoms with van der Waals surface area (Å²) in [6.45, 7) is 6.26. The highest BCUT2D eigenvalue weighted by Gasteiger charge is 2.28. The largest absolute Gasteiger partial charge is 0.397 e. The number of anilines is 1. The molecule has 1 aliphatic rings. The van der Waals surface area contributed by atoms with Crippen molar-refractivity contribution in [1.82, 2.24) is 10.3 Å². The van der Waals surface area contributed by atoms with Crippen LogP contribution in [0.3, 0.4) is 0 Å². The first-order valence-electron chi connectivity index (χ1n) is 4.55. The zero-order chi connectivity index (χ0) is 9.47. The fourth-order valence-electron chi connectivity index (χ4n) is 1.87. The van der Waals surface area contributed by atoms with Gasteiger partial charge in [-0.2, -0.15) is 0 Å². The van der Waals surface area contributed by atoms with Crippen molar-refractivity contribution >= 4 is 5.69 Å². The van der Waals surface area contributed by atoms with E-state index in [-0.39, 0.29) is 5.41 Å². The van der Waals surface area contributed by atoms with Crippen LogP contribution in [0, 0.1) is 0 Å². The van der Waals surface area contributed by atoms with Crippen molar-refractivity contribution < 1.29 is 0 Å². The highest BCUT2D eigenvalue weighted by molar-refractivity contribution is 5.43. The lowest BCUT2D eigenvalue weighted by atomic mass is 9.83. The number of pyridine rings is 1. The molecule has 2 rings (SSSR count). The summed E-state index contributed by atoms with van der Waals surface area (Å²) in [4.78, 5) is 4.41. The average Bonchev–Trinajstić information content (AvgIpc) is 2.02. The van der Waals surface area contributed by atoms with Crippen molar-refractivity contribution in [3.8, 4) is 0 Å². The Hall–Kier alpha value is -1.09. The first-order chi connectivity index (χ1) is 6.09. The molecule has 3 N–H and O–H groups in total. The normalized spacial score (nSPS) is 19.5. The predicted octanol–water partition coefficient (Wildman–Crippen LogP) is 1.04. The van der Waals surface area contributed by atoms with Crippen LogP contribution in [-0.4, -0.2) is 11.5 Å². The molecule has 0 saturated heterocycles. The number of aromatic nitrogens is 1. The van der Waals surface area contributed by atoms with Crippen LogP contribution in [0.4, 0.5) is 5.69 Å². The van der Waals surface area contributed by atoms with Crippen molar-refractivity contribution in [2.45, 2.75) is 25.8 Å². The van der Waals surface area contributed by atoms with Crippen LogP contribution in [0.2, 0.25) is 0 Å². The van der Waals surface area contributed by atoms with Gasteiger partial charge in [0, 0.05) is 18.5 Å². The van der Waals surface area contributed by atoms with E-state index in [1.165, 1.54) is 11.3 Å². The van der Waals surface area contributed by atoms with Crippen LogP contribution < -0.4 is 11.1 Å². The molecule has 1 aliphatic heterocycles. The molecule has 0 radical (unpaired) electrons. The Morgan fingerprint density at radius 3 is 3.08 bits per heavy atom. The van der Waals surface area contributed by atoms with Crippen molar-refractivity contribution in [2.75, 3.05) is 12.3 Å². The minimum Gasteiger partial charge on any atom is -0.397 e. The molecule has 3 heteroatoms. The smallest absolute Gasteiger partial charge is 0.0519 e. The van der Waals surface area contributed by atoms with Crippen molar-refractivity contribution in [3.63, 3.8) is 0 Å². The molecule has 0 amide bonds. The number of nitrogen functional groups attached to an aromatic ring is 1. The maximum absolute atomic E-state index is 5.68. The molecule has 0 unspecified atom stereocenters. The van der Waals surface area contributed by atoms with Crippen molar-refractivity contribution in [2.24, 2.45) is 0 Å². The molecule has 3 nitrogen and oxygen atoms in total. The van der Waals surface area contributed by atoms with Gasteiger partial charge in [0.25, 0.3) is 0 Å². The number of rotatable bonds is 0. The zero-order valence-electron chi connectivity index (χ0n) is 8.09. The summed E-state index contributed by atoms with van der Waals surface area (Å²) in [5, 5.41) is 3.36. The van der Waals surface area contributed by atoms with E-state index >= 15 is 0 Å². The maximum Gasteiger partial charge on any atom is 0.0519 e. The fourth-order valence-corrected chi connectivity index (χ4v) is 1.87. The SMILES string of the molecule is CC1(C)CNCc2cc(N)cnc21. The maximum atomic E-state index is 5.68. The van der Waals surface area contributed by atoms with Crippen LogP contribution in [0.1, 0.15) is 25.1 Å². The van der Waals surface area contributed by atoms with Crippen LogP contribution in [-0.2, 0) is 12.0 Å².